The van der Waals surface area contributed by atoms with Gasteiger partial charge in [-0.05, 0) is 10.4 Å². The number of nitrogens with zero attached hydrogens (tertiary/aromatic N) is 5. The molecule has 0 saturated heterocycles. The Balaban J connectivity index is 2.35. The molecule has 6 nitrogen and oxygen atoms in total. The van der Waals surface area contributed by atoms with Gasteiger partial charge in [0.1, 0.15) is 0 Å². The molecule has 104 valence electrons. The number of thioether (sulfide) groups is 1. The topological polar surface area (TPSA) is 55.6 Å². The van der Waals surface area contributed by atoms with Gasteiger partial charge in [-0.15, -0.1) is 5.10 Å². The normalized spacial score (nSPS) is 12.3. The smallest absolute Gasteiger partial charge is 0.209 e. The van der Waals surface area contributed by atoms with Crippen molar-refractivity contribution in [3.8, 4) is 0 Å². The van der Waals surface area contributed by atoms with Gasteiger partial charge in [-0.2, -0.15) is 0 Å². The molecule has 18 heavy (non-hydrogen) atoms. The number of nitrogens with one attached hydrogen (secondary N) is 1. The van der Waals surface area contributed by atoms with Crippen molar-refractivity contribution in [2.24, 2.45) is 0 Å². The van der Waals surface area contributed by atoms with E-state index in [1.165, 1.54) is 0 Å². The summed E-state index contributed by atoms with van der Waals surface area (Å²) >= 11 is 1.70. The van der Waals surface area contributed by atoms with E-state index >= 15 is 0 Å². The number of aromatic nitrogens is 4. The maximum Gasteiger partial charge on any atom is 0.209 e. The molecule has 0 aliphatic rings. The molecule has 1 aromatic heterocycles. The van der Waals surface area contributed by atoms with Crippen LogP contribution in [0.2, 0.25) is 0 Å². The van der Waals surface area contributed by atoms with E-state index in [0.29, 0.717) is 6.04 Å². The highest BCUT2D eigenvalue weighted by atomic mass is 32.2. The fourth-order valence-electron chi connectivity index (χ4n) is 1.32. The zero-order valence-corrected chi connectivity index (χ0v) is 12.9. The van der Waals surface area contributed by atoms with Gasteiger partial charge < -0.3 is 9.80 Å². The third kappa shape index (κ3) is 6.32. The second-order valence-electron chi connectivity index (χ2n) is 5.66. The summed E-state index contributed by atoms with van der Waals surface area (Å²) in [6, 6.07) is 0.528. The number of quaternary nitrogens is 1. The van der Waals surface area contributed by atoms with E-state index in [1.807, 2.05) is 4.68 Å². The lowest BCUT2D eigenvalue weighted by molar-refractivity contribution is -0.871. The summed E-state index contributed by atoms with van der Waals surface area (Å²) in [4.78, 5) is 0. The lowest BCUT2D eigenvalue weighted by Gasteiger charge is -2.23. The maximum absolute atomic E-state index is 4.06. The Bertz CT molecular complexity index is 344. The van der Waals surface area contributed by atoms with Crippen molar-refractivity contribution in [2.45, 2.75) is 31.6 Å². The molecule has 0 fully saturated rings. The summed E-state index contributed by atoms with van der Waals surface area (Å²) in [7, 11) is 6.51. The highest BCUT2D eigenvalue weighted by Gasteiger charge is 2.11. The molecule has 0 radical (unpaired) electrons. The molecular weight excluding hydrogens is 248 g/mol. The molecule has 0 amide bonds. The first-order valence-electron chi connectivity index (χ1n) is 6.31. The zero-order valence-electron chi connectivity index (χ0n) is 12.1. The number of hydrogen-bond acceptors (Lipinski definition) is 5. The highest BCUT2D eigenvalue weighted by Crippen LogP contribution is 2.12. The van der Waals surface area contributed by atoms with Crippen LogP contribution in [0.15, 0.2) is 5.16 Å². The Morgan fingerprint density at radius 3 is 2.67 bits per heavy atom. The summed E-state index contributed by atoms with van der Waals surface area (Å²) in [6.45, 7) is 7.15. The van der Waals surface area contributed by atoms with Crippen molar-refractivity contribution in [1.82, 2.24) is 25.5 Å². The zero-order chi connectivity index (χ0) is 13.6. The van der Waals surface area contributed by atoms with Crippen LogP contribution in [0.3, 0.4) is 0 Å². The van der Waals surface area contributed by atoms with E-state index in [4.69, 9.17) is 0 Å². The SMILES string of the molecule is CC(C)NCCSc1nnnn1CC[N+](C)(C)C. The fourth-order valence-corrected chi connectivity index (χ4v) is 2.10. The van der Waals surface area contributed by atoms with Gasteiger partial charge in [0.05, 0.1) is 34.2 Å². The third-order valence-corrected chi connectivity index (χ3v) is 3.33. The molecule has 1 aromatic rings. The van der Waals surface area contributed by atoms with Gasteiger partial charge in [0.2, 0.25) is 5.16 Å². The van der Waals surface area contributed by atoms with Crippen LogP contribution < -0.4 is 5.32 Å². The first-order valence-corrected chi connectivity index (χ1v) is 7.30. The van der Waals surface area contributed by atoms with Gasteiger partial charge in [0.15, 0.2) is 0 Å². The average molecular weight is 273 g/mol. The standard InChI is InChI=1S/C11H25N6S/c1-10(2)12-6-9-18-11-13-14-15-16(11)7-8-17(3,4)5/h10,12H,6-9H2,1-5H3/q+1. The van der Waals surface area contributed by atoms with Crippen LogP contribution >= 0.6 is 11.8 Å². The second-order valence-corrected chi connectivity index (χ2v) is 6.72. The van der Waals surface area contributed by atoms with Gasteiger partial charge in [0, 0.05) is 18.3 Å². The average Bonchev–Trinajstić information content (AvgIpc) is 2.68. The van der Waals surface area contributed by atoms with E-state index in [9.17, 15) is 0 Å². The lowest BCUT2D eigenvalue weighted by atomic mass is 10.4. The largest absolute Gasteiger partial charge is 0.329 e. The first-order chi connectivity index (χ1) is 8.38. The van der Waals surface area contributed by atoms with Gasteiger partial charge in [0.25, 0.3) is 0 Å². The lowest BCUT2D eigenvalue weighted by Crippen LogP contribution is -2.37. The van der Waals surface area contributed by atoms with Gasteiger partial charge in [-0.1, -0.05) is 25.6 Å². The minimum absolute atomic E-state index is 0.528. The van der Waals surface area contributed by atoms with Crippen LogP contribution in [-0.4, -0.2) is 70.7 Å². The van der Waals surface area contributed by atoms with E-state index in [1.54, 1.807) is 11.8 Å². The minimum Gasteiger partial charge on any atom is -0.329 e. The molecule has 7 heteroatoms. The molecule has 0 bridgehead atoms. The Labute approximate surface area is 114 Å². The molecule has 0 unspecified atom stereocenters. The van der Waals surface area contributed by atoms with Gasteiger partial charge in [-0.3, -0.25) is 0 Å². The molecule has 0 aliphatic heterocycles. The van der Waals surface area contributed by atoms with E-state index in [-0.39, 0.29) is 0 Å². The van der Waals surface area contributed by atoms with Crippen LogP contribution in [0.25, 0.3) is 0 Å². The van der Waals surface area contributed by atoms with Crippen molar-refractivity contribution in [3.63, 3.8) is 0 Å². The van der Waals surface area contributed by atoms with Crippen LogP contribution in [0, 0.1) is 0 Å². The molecule has 1 N–H and O–H groups in total. The molecule has 0 saturated carbocycles. The predicted molar refractivity (Wildman–Crippen MR) is 74.6 cm³/mol. The summed E-state index contributed by atoms with van der Waals surface area (Å²) in [5.41, 5.74) is 0. The monoisotopic (exact) mass is 273 g/mol. The number of rotatable bonds is 8. The second kappa shape index (κ2) is 7.06. The molecule has 0 aromatic carbocycles. The number of likely N-dealkylation sites (N-methyl/N-ethyl adjacent to an activating group) is 1. The highest BCUT2D eigenvalue weighted by molar-refractivity contribution is 7.99. The van der Waals surface area contributed by atoms with Crippen LogP contribution in [0.1, 0.15) is 13.8 Å². The summed E-state index contributed by atoms with van der Waals surface area (Å²) in [5, 5.41) is 16.1. The third-order valence-electron chi connectivity index (χ3n) is 2.37. The van der Waals surface area contributed by atoms with Crippen molar-refractivity contribution in [1.29, 1.82) is 0 Å². The minimum atomic E-state index is 0.528. The van der Waals surface area contributed by atoms with Crippen molar-refractivity contribution in [2.75, 3.05) is 40.0 Å². The fraction of sp³-hybridized carbons (Fsp3) is 0.909. The van der Waals surface area contributed by atoms with E-state index in [0.717, 1.165) is 35.0 Å². The van der Waals surface area contributed by atoms with Gasteiger partial charge in [-0.25, -0.2) is 4.68 Å². The van der Waals surface area contributed by atoms with Crippen LogP contribution in [0.4, 0.5) is 0 Å². The van der Waals surface area contributed by atoms with Crippen molar-refractivity contribution < 1.29 is 4.48 Å². The van der Waals surface area contributed by atoms with Crippen LogP contribution in [-0.2, 0) is 6.54 Å². The van der Waals surface area contributed by atoms with Crippen molar-refractivity contribution >= 4 is 11.8 Å². The van der Waals surface area contributed by atoms with Crippen LogP contribution in [0.5, 0.6) is 0 Å². The Morgan fingerprint density at radius 1 is 1.33 bits per heavy atom. The van der Waals surface area contributed by atoms with E-state index in [2.05, 4.69) is 55.8 Å². The first kappa shape index (κ1) is 15.4. The molecule has 0 spiro atoms. The van der Waals surface area contributed by atoms with Crippen molar-refractivity contribution in [3.05, 3.63) is 0 Å². The Kier molecular flexibility index (Phi) is 6.04. The number of hydrogen-bond donors (Lipinski definition) is 1. The quantitative estimate of drug-likeness (QED) is 0.424. The molecule has 1 heterocycles. The molecule has 0 aliphatic carbocycles. The molecule has 1 rings (SSSR count). The Morgan fingerprint density at radius 2 is 2.06 bits per heavy atom. The van der Waals surface area contributed by atoms with E-state index < -0.39 is 0 Å². The Hall–Kier alpha value is -0.660. The summed E-state index contributed by atoms with van der Waals surface area (Å²) < 4.78 is 2.81. The summed E-state index contributed by atoms with van der Waals surface area (Å²) in [5.74, 6) is 0.989. The molecule has 0 atom stereocenters. The number of tetrazole rings is 1. The predicted octanol–water partition coefficient (Wildman–Crippen LogP) is 0.469. The van der Waals surface area contributed by atoms with Gasteiger partial charge >= 0.3 is 0 Å². The maximum atomic E-state index is 4.06. The summed E-state index contributed by atoms with van der Waals surface area (Å²) in [6.07, 6.45) is 0. The molecular formula is C11H25N6S+.